The molecule has 3 rings (SSSR count). The van der Waals surface area contributed by atoms with Crippen LogP contribution in [0, 0.1) is 20.8 Å². The number of rotatable bonds is 9. The van der Waals surface area contributed by atoms with Crippen LogP contribution in [0.4, 0.5) is 5.69 Å². The molecule has 0 spiro atoms. The molecule has 0 saturated carbocycles. The Morgan fingerprint density at radius 2 is 1.70 bits per heavy atom. The van der Waals surface area contributed by atoms with Gasteiger partial charge in [-0.1, -0.05) is 41.4 Å². The Morgan fingerprint density at radius 1 is 0.970 bits per heavy atom. The number of nitrogens with one attached hydrogen (secondary N) is 1. The van der Waals surface area contributed by atoms with Crippen molar-refractivity contribution in [3.8, 4) is 5.75 Å². The molecule has 0 radical (unpaired) electrons. The monoisotopic (exact) mass is 486 g/mol. The molecular formula is C25H27ClN2O4S. The molecule has 1 N–H and O–H groups in total. The van der Waals surface area contributed by atoms with E-state index in [1.165, 1.54) is 23.8 Å². The fourth-order valence-electron chi connectivity index (χ4n) is 3.13. The summed E-state index contributed by atoms with van der Waals surface area (Å²) in [5, 5.41) is 3.10. The molecule has 33 heavy (non-hydrogen) atoms. The van der Waals surface area contributed by atoms with Crippen molar-refractivity contribution >= 4 is 33.2 Å². The van der Waals surface area contributed by atoms with Crippen molar-refractivity contribution in [2.75, 3.05) is 24.0 Å². The van der Waals surface area contributed by atoms with Crippen LogP contribution >= 0.6 is 11.6 Å². The van der Waals surface area contributed by atoms with Gasteiger partial charge in [0.15, 0.2) is 0 Å². The first kappa shape index (κ1) is 24.6. The number of benzene rings is 3. The highest BCUT2D eigenvalue weighted by atomic mass is 35.5. The summed E-state index contributed by atoms with van der Waals surface area (Å²) in [6.45, 7) is 6.01. The van der Waals surface area contributed by atoms with Crippen LogP contribution in [0.1, 0.15) is 16.7 Å². The van der Waals surface area contributed by atoms with Gasteiger partial charge in [0, 0.05) is 5.02 Å². The van der Waals surface area contributed by atoms with E-state index in [0.29, 0.717) is 10.7 Å². The lowest BCUT2D eigenvalue weighted by atomic mass is 10.1. The number of anilines is 1. The van der Waals surface area contributed by atoms with E-state index in [1.807, 2.05) is 39.0 Å². The van der Waals surface area contributed by atoms with Gasteiger partial charge in [0.1, 0.15) is 18.9 Å². The summed E-state index contributed by atoms with van der Waals surface area (Å²) in [7, 11) is -3.98. The average molecular weight is 487 g/mol. The number of hydrogen-bond donors (Lipinski definition) is 1. The quantitative estimate of drug-likeness (QED) is 0.446. The Hall–Kier alpha value is -3.03. The molecule has 0 bridgehead atoms. The maximum atomic E-state index is 13.3. The van der Waals surface area contributed by atoms with E-state index in [-0.39, 0.29) is 24.6 Å². The van der Waals surface area contributed by atoms with Gasteiger partial charge in [-0.3, -0.25) is 9.10 Å². The Kier molecular flexibility index (Phi) is 8.00. The number of hydrogen-bond acceptors (Lipinski definition) is 4. The van der Waals surface area contributed by atoms with Crippen molar-refractivity contribution in [2.24, 2.45) is 0 Å². The number of amides is 1. The molecule has 0 heterocycles. The molecule has 0 aliphatic rings. The molecule has 174 valence electrons. The van der Waals surface area contributed by atoms with E-state index in [1.54, 1.807) is 30.3 Å². The van der Waals surface area contributed by atoms with Gasteiger partial charge >= 0.3 is 0 Å². The number of aryl methyl sites for hydroxylation is 3. The van der Waals surface area contributed by atoms with Crippen molar-refractivity contribution in [1.82, 2.24) is 5.32 Å². The third kappa shape index (κ3) is 6.49. The van der Waals surface area contributed by atoms with Crippen LogP contribution in [0.5, 0.6) is 5.75 Å². The Morgan fingerprint density at radius 3 is 2.36 bits per heavy atom. The fourth-order valence-corrected chi connectivity index (χ4v) is 4.73. The highest BCUT2D eigenvalue weighted by Crippen LogP contribution is 2.26. The molecule has 0 unspecified atom stereocenters. The van der Waals surface area contributed by atoms with Gasteiger partial charge in [0.2, 0.25) is 5.91 Å². The van der Waals surface area contributed by atoms with Crippen molar-refractivity contribution in [2.45, 2.75) is 25.7 Å². The Bertz CT molecular complexity index is 1230. The molecule has 0 saturated heterocycles. The summed E-state index contributed by atoms with van der Waals surface area (Å²) in [6.07, 6.45) is 0. The second kappa shape index (κ2) is 10.7. The van der Waals surface area contributed by atoms with Gasteiger partial charge < -0.3 is 10.1 Å². The van der Waals surface area contributed by atoms with E-state index < -0.39 is 15.9 Å². The first-order valence-electron chi connectivity index (χ1n) is 10.5. The van der Waals surface area contributed by atoms with Crippen LogP contribution in [0.2, 0.25) is 5.02 Å². The van der Waals surface area contributed by atoms with Gasteiger partial charge in [-0.2, -0.15) is 0 Å². The van der Waals surface area contributed by atoms with Gasteiger partial charge in [-0.05, 0) is 74.4 Å². The lowest BCUT2D eigenvalue weighted by Gasteiger charge is -2.24. The fraction of sp³-hybridized carbons (Fsp3) is 0.240. The second-order valence-electron chi connectivity index (χ2n) is 7.75. The third-order valence-corrected chi connectivity index (χ3v) is 7.19. The summed E-state index contributed by atoms with van der Waals surface area (Å²) in [6, 6.07) is 18.7. The van der Waals surface area contributed by atoms with Crippen molar-refractivity contribution in [3.63, 3.8) is 0 Å². The number of nitrogens with zero attached hydrogens (tertiary/aromatic N) is 1. The SMILES string of the molecule is Cc1ccc(S(=O)(=O)N(CC(=O)NCCOc2ccc(C)c(C)c2)c2cccc(Cl)c2)cc1. The van der Waals surface area contributed by atoms with Crippen molar-refractivity contribution in [1.29, 1.82) is 0 Å². The highest BCUT2D eigenvalue weighted by molar-refractivity contribution is 7.92. The molecule has 6 nitrogen and oxygen atoms in total. The summed E-state index contributed by atoms with van der Waals surface area (Å²) >= 11 is 6.09. The van der Waals surface area contributed by atoms with Crippen LogP contribution in [-0.2, 0) is 14.8 Å². The number of carbonyl (C=O) groups excluding carboxylic acids is 1. The molecule has 0 aliphatic carbocycles. The zero-order valence-electron chi connectivity index (χ0n) is 18.8. The summed E-state index contributed by atoms with van der Waals surface area (Å²) in [5.41, 5.74) is 3.54. The van der Waals surface area contributed by atoms with E-state index >= 15 is 0 Å². The molecule has 3 aromatic rings. The van der Waals surface area contributed by atoms with E-state index in [0.717, 1.165) is 21.2 Å². The minimum atomic E-state index is -3.98. The maximum Gasteiger partial charge on any atom is 0.264 e. The van der Waals surface area contributed by atoms with E-state index in [2.05, 4.69) is 5.32 Å². The second-order valence-corrected chi connectivity index (χ2v) is 10.0. The first-order valence-corrected chi connectivity index (χ1v) is 12.3. The van der Waals surface area contributed by atoms with Gasteiger partial charge in [-0.25, -0.2) is 8.42 Å². The molecule has 0 atom stereocenters. The molecule has 0 aliphatic heterocycles. The van der Waals surface area contributed by atoms with Crippen LogP contribution in [0.25, 0.3) is 0 Å². The topological polar surface area (TPSA) is 75.7 Å². The molecule has 3 aromatic carbocycles. The minimum Gasteiger partial charge on any atom is -0.492 e. The van der Waals surface area contributed by atoms with Crippen LogP contribution in [0.15, 0.2) is 71.6 Å². The van der Waals surface area contributed by atoms with Crippen molar-refractivity contribution < 1.29 is 17.9 Å². The Balaban J connectivity index is 1.70. The average Bonchev–Trinajstić information content (AvgIpc) is 2.77. The third-order valence-electron chi connectivity index (χ3n) is 5.16. The predicted molar refractivity (Wildman–Crippen MR) is 132 cm³/mol. The highest BCUT2D eigenvalue weighted by Gasteiger charge is 2.27. The summed E-state index contributed by atoms with van der Waals surface area (Å²) in [4.78, 5) is 12.7. The van der Waals surface area contributed by atoms with Crippen LogP contribution in [0.3, 0.4) is 0 Å². The summed E-state index contributed by atoms with van der Waals surface area (Å²) < 4.78 is 33.4. The zero-order valence-corrected chi connectivity index (χ0v) is 20.4. The molecule has 1 amide bonds. The standard InChI is InChI=1S/C25H27ClN2O4S/c1-18-7-11-24(12-8-18)33(30,31)28(22-6-4-5-21(26)16-22)17-25(29)27-13-14-32-23-10-9-19(2)20(3)15-23/h4-12,15-16H,13-14,17H2,1-3H3,(H,27,29). The van der Waals surface area contributed by atoms with Gasteiger partial charge in [-0.15, -0.1) is 0 Å². The number of carbonyl (C=O) groups is 1. The normalized spacial score (nSPS) is 11.2. The van der Waals surface area contributed by atoms with E-state index in [9.17, 15) is 13.2 Å². The smallest absolute Gasteiger partial charge is 0.264 e. The first-order chi connectivity index (χ1) is 15.7. The van der Waals surface area contributed by atoms with Gasteiger partial charge in [0.05, 0.1) is 17.1 Å². The largest absolute Gasteiger partial charge is 0.492 e. The van der Waals surface area contributed by atoms with Crippen molar-refractivity contribution in [3.05, 3.63) is 88.4 Å². The van der Waals surface area contributed by atoms with E-state index in [4.69, 9.17) is 16.3 Å². The molecule has 0 fully saturated rings. The van der Waals surface area contributed by atoms with Crippen LogP contribution < -0.4 is 14.4 Å². The molecule has 0 aromatic heterocycles. The van der Waals surface area contributed by atoms with Crippen LogP contribution in [-0.4, -0.2) is 34.0 Å². The molecular weight excluding hydrogens is 460 g/mol. The predicted octanol–water partition coefficient (Wildman–Crippen LogP) is 4.66. The minimum absolute atomic E-state index is 0.0962. The lowest BCUT2D eigenvalue weighted by Crippen LogP contribution is -2.41. The molecule has 8 heteroatoms. The number of halogens is 1. The Labute approximate surface area is 200 Å². The number of sulfonamides is 1. The zero-order chi connectivity index (χ0) is 24.0. The summed E-state index contributed by atoms with van der Waals surface area (Å²) in [5.74, 6) is 0.268. The number of ether oxygens (including phenoxy) is 1. The van der Waals surface area contributed by atoms with Gasteiger partial charge in [0.25, 0.3) is 10.0 Å². The maximum absolute atomic E-state index is 13.3. The lowest BCUT2D eigenvalue weighted by molar-refractivity contribution is -0.119.